The van der Waals surface area contributed by atoms with E-state index in [1.807, 2.05) is 24.9 Å². The fourth-order valence-corrected chi connectivity index (χ4v) is 3.75. The summed E-state index contributed by atoms with van der Waals surface area (Å²) in [7, 11) is 3.46. The van der Waals surface area contributed by atoms with Crippen LogP contribution < -0.4 is 5.32 Å². The number of methoxy groups -OCH3 is 1. The van der Waals surface area contributed by atoms with Crippen LogP contribution in [0, 0.1) is 6.92 Å². The van der Waals surface area contributed by atoms with E-state index in [1.54, 1.807) is 7.11 Å². The van der Waals surface area contributed by atoms with Crippen LogP contribution in [-0.4, -0.2) is 80.3 Å². The molecule has 13 heteroatoms. The molecule has 1 atom stereocenters. The smallest absolute Gasteiger partial charge is 0.383 e. The first-order chi connectivity index (χ1) is 15.7. The number of nitrogens with one attached hydrogen (secondary N) is 1. The third-order valence-corrected chi connectivity index (χ3v) is 5.60. The summed E-state index contributed by atoms with van der Waals surface area (Å²) in [6, 6.07) is 0. The van der Waals surface area contributed by atoms with E-state index >= 15 is 0 Å². The molecule has 1 saturated heterocycles. The van der Waals surface area contributed by atoms with Crippen molar-refractivity contribution in [3.63, 3.8) is 0 Å². The van der Waals surface area contributed by atoms with E-state index in [2.05, 4.69) is 30.3 Å². The molecule has 1 aliphatic heterocycles. The van der Waals surface area contributed by atoms with Crippen LogP contribution in [0.5, 0.6) is 0 Å². The van der Waals surface area contributed by atoms with Gasteiger partial charge in [0.25, 0.3) is 0 Å². The molecule has 180 valence electrons. The largest absolute Gasteiger partial charge is 0.406 e. The molecule has 3 aromatic rings. The molecule has 1 unspecified atom stereocenters. The Hall–Kier alpha value is -2.77. The van der Waals surface area contributed by atoms with Gasteiger partial charge in [-0.25, -0.2) is 15.0 Å². The van der Waals surface area contributed by atoms with Crippen LogP contribution >= 0.6 is 0 Å². The molecule has 0 radical (unpaired) electrons. The molecule has 0 aromatic carbocycles. The first kappa shape index (κ1) is 23.4. The van der Waals surface area contributed by atoms with Crippen molar-refractivity contribution in [2.24, 2.45) is 7.05 Å². The lowest BCUT2D eigenvalue weighted by molar-refractivity contribution is -0.140. The lowest BCUT2D eigenvalue weighted by Gasteiger charge is -2.32. The van der Waals surface area contributed by atoms with Gasteiger partial charge in [0.15, 0.2) is 17.3 Å². The van der Waals surface area contributed by atoms with Crippen molar-refractivity contribution in [3.8, 4) is 0 Å². The third-order valence-electron chi connectivity index (χ3n) is 5.60. The average molecular weight is 468 g/mol. The molecule has 4 heterocycles. The summed E-state index contributed by atoms with van der Waals surface area (Å²) in [6.45, 7) is 4.02. The van der Waals surface area contributed by atoms with Crippen LogP contribution in [0.25, 0.3) is 11.2 Å². The Balaban J connectivity index is 1.62. The van der Waals surface area contributed by atoms with Crippen molar-refractivity contribution in [1.82, 2.24) is 34.2 Å². The molecule has 33 heavy (non-hydrogen) atoms. The second-order valence-electron chi connectivity index (χ2n) is 7.98. The summed E-state index contributed by atoms with van der Waals surface area (Å²) in [4.78, 5) is 15.3. The Morgan fingerprint density at radius 2 is 2.12 bits per heavy atom. The van der Waals surface area contributed by atoms with E-state index in [4.69, 9.17) is 9.47 Å². The molecular formula is C20H27F3N8O2. The summed E-state index contributed by atoms with van der Waals surface area (Å²) in [5.41, 5.74) is 2.58. The van der Waals surface area contributed by atoms with Crippen molar-refractivity contribution in [2.75, 3.05) is 45.3 Å². The molecule has 0 aliphatic carbocycles. The standard InChI is InChI=1S/C20H27F3N8O2/c1-13-14(8-26-29(13)2)9-30-5-7-33-15(10-30)17-27-18(24-4-6-32-3)16-19(28-17)31(12-25-16)11-20(21,22)23/h8,12,15H,4-7,9-11H2,1-3H3,(H,24,27,28). The number of ether oxygens (including phenoxy) is 2. The highest BCUT2D eigenvalue weighted by atomic mass is 19.4. The van der Waals surface area contributed by atoms with Gasteiger partial charge in [-0.3, -0.25) is 9.58 Å². The van der Waals surface area contributed by atoms with Crippen molar-refractivity contribution in [2.45, 2.75) is 32.3 Å². The molecule has 10 nitrogen and oxygen atoms in total. The Morgan fingerprint density at radius 1 is 1.30 bits per heavy atom. The van der Waals surface area contributed by atoms with Gasteiger partial charge in [0.2, 0.25) is 0 Å². The van der Waals surface area contributed by atoms with E-state index in [1.165, 1.54) is 0 Å². The van der Waals surface area contributed by atoms with Gasteiger partial charge in [-0.1, -0.05) is 0 Å². The number of aryl methyl sites for hydroxylation is 1. The summed E-state index contributed by atoms with van der Waals surface area (Å²) in [5.74, 6) is 0.677. The normalized spacial score (nSPS) is 17.7. The molecule has 1 fully saturated rings. The summed E-state index contributed by atoms with van der Waals surface area (Å²) < 4.78 is 53.0. The number of hydrogen-bond donors (Lipinski definition) is 1. The zero-order valence-corrected chi connectivity index (χ0v) is 18.8. The van der Waals surface area contributed by atoms with Crippen LogP contribution in [0.4, 0.5) is 19.0 Å². The van der Waals surface area contributed by atoms with Crippen LogP contribution in [0.2, 0.25) is 0 Å². The molecule has 0 bridgehead atoms. The molecular weight excluding hydrogens is 441 g/mol. The van der Waals surface area contributed by atoms with E-state index in [-0.39, 0.29) is 11.2 Å². The van der Waals surface area contributed by atoms with Gasteiger partial charge in [-0.05, 0) is 6.92 Å². The number of halogens is 3. The lowest BCUT2D eigenvalue weighted by atomic mass is 10.2. The van der Waals surface area contributed by atoms with Crippen molar-refractivity contribution >= 4 is 17.0 Å². The fraction of sp³-hybridized carbons (Fsp3) is 0.600. The average Bonchev–Trinajstić information content (AvgIpc) is 3.31. The molecule has 4 rings (SSSR count). The van der Waals surface area contributed by atoms with Crippen molar-refractivity contribution in [3.05, 3.63) is 29.6 Å². The predicted molar refractivity (Wildman–Crippen MR) is 114 cm³/mol. The maximum Gasteiger partial charge on any atom is 0.406 e. The summed E-state index contributed by atoms with van der Waals surface area (Å²) >= 11 is 0. The SMILES string of the molecule is COCCNc1nc(C2CN(Cc3cnn(C)c3C)CCO2)nc2c1ncn2CC(F)(F)F. The Kier molecular flexibility index (Phi) is 6.81. The van der Waals surface area contributed by atoms with Crippen LogP contribution in [0.1, 0.15) is 23.2 Å². The molecule has 1 N–H and O–H groups in total. The Morgan fingerprint density at radius 3 is 2.82 bits per heavy atom. The Labute approximate surface area is 188 Å². The van der Waals surface area contributed by atoms with Gasteiger partial charge in [0.05, 0.1) is 25.7 Å². The lowest BCUT2D eigenvalue weighted by Crippen LogP contribution is -2.38. The molecule has 3 aromatic heterocycles. The monoisotopic (exact) mass is 468 g/mol. The van der Waals surface area contributed by atoms with Crippen LogP contribution in [-0.2, 0) is 29.6 Å². The quantitative estimate of drug-likeness (QED) is 0.502. The third kappa shape index (κ3) is 5.42. The minimum atomic E-state index is -4.40. The van der Waals surface area contributed by atoms with E-state index in [0.29, 0.717) is 44.5 Å². The van der Waals surface area contributed by atoms with E-state index < -0.39 is 18.8 Å². The Bertz CT molecular complexity index is 1100. The predicted octanol–water partition coefficient (Wildman–Crippen LogP) is 2.06. The molecule has 0 amide bonds. The summed E-state index contributed by atoms with van der Waals surface area (Å²) in [5, 5.41) is 7.38. The first-order valence-corrected chi connectivity index (χ1v) is 10.6. The number of rotatable bonds is 8. The maximum absolute atomic E-state index is 13.1. The minimum absolute atomic E-state index is 0.112. The topological polar surface area (TPSA) is 95.2 Å². The number of alkyl halides is 3. The van der Waals surface area contributed by atoms with Gasteiger partial charge in [-0.2, -0.15) is 18.3 Å². The number of morpholine rings is 1. The fourth-order valence-electron chi connectivity index (χ4n) is 3.75. The molecule has 1 aliphatic rings. The van der Waals surface area contributed by atoms with E-state index in [0.717, 1.165) is 28.7 Å². The second kappa shape index (κ2) is 9.61. The van der Waals surface area contributed by atoms with Crippen molar-refractivity contribution < 1.29 is 22.6 Å². The van der Waals surface area contributed by atoms with Gasteiger partial charge in [0.1, 0.15) is 18.2 Å². The van der Waals surface area contributed by atoms with E-state index in [9.17, 15) is 13.2 Å². The number of hydrogen-bond acceptors (Lipinski definition) is 8. The zero-order chi connectivity index (χ0) is 23.6. The zero-order valence-electron chi connectivity index (χ0n) is 18.8. The van der Waals surface area contributed by atoms with Crippen LogP contribution in [0.15, 0.2) is 12.5 Å². The van der Waals surface area contributed by atoms with Gasteiger partial charge < -0.3 is 19.4 Å². The number of fused-ring (bicyclic) bond motifs is 1. The highest BCUT2D eigenvalue weighted by Crippen LogP contribution is 2.28. The number of anilines is 1. The number of imidazole rings is 1. The van der Waals surface area contributed by atoms with Crippen molar-refractivity contribution in [1.29, 1.82) is 0 Å². The number of nitrogens with zero attached hydrogens (tertiary/aromatic N) is 7. The highest BCUT2D eigenvalue weighted by molar-refractivity contribution is 5.83. The number of aromatic nitrogens is 6. The van der Waals surface area contributed by atoms with Gasteiger partial charge >= 0.3 is 6.18 Å². The highest BCUT2D eigenvalue weighted by Gasteiger charge is 2.31. The van der Waals surface area contributed by atoms with Gasteiger partial charge in [0, 0.05) is 51.6 Å². The first-order valence-electron chi connectivity index (χ1n) is 10.6. The maximum atomic E-state index is 13.1. The molecule has 0 spiro atoms. The molecule has 0 saturated carbocycles. The second-order valence-corrected chi connectivity index (χ2v) is 7.98. The summed E-state index contributed by atoms with van der Waals surface area (Å²) in [6.07, 6.45) is -1.91. The van der Waals surface area contributed by atoms with Gasteiger partial charge in [-0.15, -0.1) is 0 Å². The van der Waals surface area contributed by atoms with Crippen LogP contribution in [0.3, 0.4) is 0 Å². The minimum Gasteiger partial charge on any atom is -0.383 e.